The first kappa shape index (κ1) is 20.2. The molecule has 0 bridgehead atoms. The Balaban J connectivity index is 1.62. The van der Waals surface area contributed by atoms with Gasteiger partial charge in [0.2, 0.25) is 0 Å². The summed E-state index contributed by atoms with van der Waals surface area (Å²) >= 11 is 0. The van der Waals surface area contributed by atoms with Crippen LogP contribution in [0.2, 0.25) is 0 Å². The number of rotatable bonds is 6. The molecule has 0 radical (unpaired) electrons. The molecule has 29 heavy (non-hydrogen) atoms. The number of urea groups is 1. The summed E-state index contributed by atoms with van der Waals surface area (Å²) in [7, 11) is 0. The minimum Gasteiger partial charge on any atom is -0.456 e. The number of esters is 1. The minimum atomic E-state index is -1.30. The fraction of sp³-hybridized carbons (Fsp3) is 0.238. The number of hydrogen-bond acceptors (Lipinski definition) is 5. The number of aryl methyl sites for hydroxylation is 1. The molecule has 1 fully saturated rings. The van der Waals surface area contributed by atoms with Gasteiger partial charge in [-0.1, -0.05) is 29.8 Å². The zero-order chi connectivity index (χ0) is 21.2. The van der Waals surface area contributed by atoms with Gasteiger partial charge in [0.1, 0.15) is 17.9 Å². The topological polar surface area (TPSA) is 92.8 Å². The summed E-state index contributed by atoms with van der Waals surface area (Å²) in [6.07, 6.45) is 0. The van der Waals surface area contributed by atoms with E-state index >= 15 is 0 Å². The molecular formula is C21H19FN2O5. The number of nitrogens with zero attached hydrogens (tertiary/aromatic N) is 1. The first-order valence-electron chi connectivity index (χ1n) is 8.86. The van der Waals surface area contributed by atoms with E-state index in [1.165, 1.54) is 12.1 Å². The molecule has 1 N–H and O–H groups in total. The quantitative estimate of drug-likeness (QED) is 0.458. The first-order chi connectivity index (χ1) is 13.7. The molecule has 0 saturated carbocycles. The molecule has 0 spiro atoms. The maximum atomic E-state index is 12.9. The molecule has 3 rings (SSSR count). The highest BCUT2D eigenvalue weighted by Crippen LogP contribution is 2.28. The molecule has 3 amide bonds. The SMILES string of the molecule is Cc1ccc([C@]2(C)NC(=O)N(CC(=O)OCC(=O)c3ccc(F)cc3)C2=O)cc1. The molecular weight excluding hydrogens is 379 g/mol. The molecule has 1 heterocycles. The molecule has 2 aromatic carbocycles. The number of ether oxygens (including phenoxy) is 1. The van der Waals surface area contributed by atoms with Gasteiger partial charge in [-0.25, -0.2) is 9.18 Å². The van der Waals surface area contributed by atoms with Gasteiger partial charge in [0.05, 0.1) is 0 Å². The largest absolute Gasteiger partial charge is 0.456 e. The third-order valence-corrected chi connectivity index (χ3v) is 4.72. The van der Waals surface area contributed by atoms with Crippen LogP contribution in [-0.4, -0.2) is 41.7 Å². The van der Waals surface area contributed by atoms with Crippen LogP contribution >= 0.6 is 0 Å². The third-order valence-electron chi connectivity index (χ3n) is 4.72. The number of Topliss-reactive ketones (excluding diaryl/α,β-unsaturated/α-hetero) is 1. The molecule has 0 unspecified atom stereocenters. The van der Waals surface area contributed by atoms with Gasteiger partial charge in [-0.05, 0) is 43.7 Å². The van der Waals surface area contributed by atoms with Crippen LogP contribution in [-0.2, 0) is 19.9 Å². The van der Waals surface area contributed by atoms with E-state index in [4.69, 9.17) is 4.74 Å². The van der Waals surface area contributed by atoms with Crippen molar-refractivity contribution in [3.05, 3.63) is 71.0 Å². The summed E-state index contributed by atoms with van der Waals surface area (Å²) < 4.78 is 17.8. The first-order valence-corrected chi connectivity index (χ1v) is 8.86. The summed E-state index contributed by atoms with van der Waals surface area (Å²) in [4.78, 5) is 49.8. The summed E-state index contributed by atoms with van der Waals surface area (Å²) in [5.74, 6) is -2.51. The van der Waals surface area contributed by atoms with Crippen LogP contribution in [0.4, 0.5) is 9.18 Å². The van der Waals surface area contributed by atoms with Crippen molar-refractivity contribution < 1.29 is 28.3 Å². The van der Waals surface area contributed by atoms with Gasteiger partial charge in [-0.3, -0.25) is 19.3 Å². The Hall–Kier alpha value is -3.55. The van der Waals surface area contributed by atoms with Crippen LogP contribution in [0.1, 0.15) is 28.4 Å². The Morgan fingerprint density at radius 1 is 1.07 bits per heavy atom. The molecule has 1 aliphatic heterocycles. The van der Waals surface area contributed by atoms with E-state index in [1.807, 2.05) is 19.1 Å². The summed E-state index contributed by atoms with van der Waals surface area (Å²) in [6.45, 7) is 2.25. The highest BCUT2D eigenvalue weighted by Gasteiger charge is 2.49. The zero-order valence-electron chi connectivity index (χ0n) is 15.9. The van der Waals surface area contributed by atoms with E-state index < -0.39 is 48.2 Å². The Kier molecular flexibility index (Phi) is 5.45. The number of ketones is 1. The Morgan fingerprint density at radius 3 is 2.31 bits per heavy atom. The summed E-state index contributed by atoms with van der Waals surface area (Å²) in [5.41, 5.74) is 0.472. The molecule has 1 aliphatic rings. The van der Waals surface area contributed by atoms with Crippen LogP contribution in [0, 0.1) is 12.7 Å². The minimum absolute atomic E-state index is 0.182. The second kappa shape index (κ2) is 7.83. The lowest BCUT2D eigenvalue weighted by atomic mass is 9.91. The van der Waals surface area contributed by atoms with Crippen molar-refractivity contribution in [1.29, 1.82) is 0 Å². The highest BCUT2D eigenvalue weighted by atomic mass is 19.1. The fourth-order valence-electron chi connectivity index (χ4n) is 2.96. The van der Waals surface area contributed by atoms with Crippen molar-refractivity contribution in [2.75, 3.05) is 13.2 Å². The second-order valence-electron chi connectivity index (χ2n) is 6.90. The highest BCUT2D eigenvalue weighted by molar-refractivity contribution is 6.09. The Bertz CT molecular complexity index is 972. The van der Waals surface area contributed by atoms with Gasteiger partial charge in [0.25, 0.3) is 5.91 Å². The van der Waals surface area contributed by atoms with Gasteiger partial charge in [0.15, 0.2) is 12.4 Å². The monoisotopic (exact) mass is 398 g/mol. The molecule has 8 heteroatoms. The summed E-state index contributed by atoms with van der Waals surface area (Å²) in [5, 5.41) is 2.59. The van der Waals surface area contributed by atoms with Crippen molar-refractivity contribution in [2.24, 2.45) is 0 Å². The van der Waals surface area contributed by atoms with Crippen molar-refractivity contribution in [2.45, 2.75) is 19.4 Å². The van der Waals surface area contributed by atoms with Gasteiger partial charge in [-0.15, -0.1) is 0 Å². The summed E-state index contributed by atoms with van der Waals surface area (Å²) in [6, 6.07) is 11.2. The second-order valence-corrected chi connectivity index (χ2v) is 6.90. The number of nitrogens with one attached hydrogen (secondary N) is 1. The van der Waals surface area contributed by atoms with Crippen LogP contribution < -0.4 is 5.32 Å². The van der Waals surface area contributed by atoms with Crippen LogP contribution in [0.5, 0.6) is 0 Å². The van der Waals surface area contributed by atoms with Crippen molar-refractivity contribution in [3.63, 3.8) is 0 Å². The van der Waals surface area contributed by atoms with E-state index in [0.29, 0.717) is 5.56 Å². The van der Waals surface area contributed by atoms with Crippen LogP contribution in [0.15, 0.2) is 48.5 Å². The van der Waals surface area contributed by atoms with Gasteiger partial charge in [0, 0.05) is 5.56 Å². The predicted molar refractivity (Wildman–Crippen MR) is 100 cm³/mol. The van der Waals surface area contributed by atoms with E-state index in [2.05, 4.69) is 5.32 Å². The number of carbonyl (C=O) groups is 4. The number of imide groups is 1. The lowest BCUT2D eigenvalue weighted by molar-refractivity contribution is -0.146. The van der Waals surface area contributed by atoms with Crippen LogP contribution in [0.3, 0.4) is 0 Å². The number of hydrogen-bond donors (Lipinski definition) is 1. The Morgan fingerprint density at radius 2 is 1.69 bits per heavy atom. The molecule has 0 aromatic heterocycles. The maximum Gasteiger partial charge on any atom is 0.326 e. The third kappa shape index (κ3) is 4.16. The molecule has 0 aliphatic carbocycles. The lowest BCUT2D eigenvalue weighted by Gasteiger charge is -2.22. The molecule has 7 nitrogen and oxygen atoms in total. The van der Waals surface area contributed by atoms with E-state index in [0.717, 1.165) is 22.6 Å². The van der Waals surface area contributed by atoms with Crippen molar-refractivity contribution in [1.82, 2.24) is 10.2 Å². The standard InChI is InChI=1S/C21H19FN2O5/c1-13-3-7-15(8-4-13)21(2)19(27)24(20(28)23-21)11-18(26)29-12-17(25)14-5-9-16(22)10-6-14/h3-10H,11-12H2,1-2H3,(H,23,28)/t21-/m0/s1. The van der Waals surface area contributed by atoms with E-state index in [-0.39, 0.29) is 5.56 Å². The van der Waals surface area contributed by atoms with Gasteiger partial charge in [-0.2, -0.15) is 0 Å². The van der Waals surface area contributed by atoms with Gasteiger partial charge < -0.3 is 10.1 Å². The maximum absolute atomic E-state index is 12.9. The average molecular weight is 398 g/mol. The Labute approximate surface area is 166 Å². The van der Waals surface area contributed by atoms with Crippen molar-refractivity contribution >= 4 is 23.7 Å². The number of halogens is 1. The van der Waals surface area contributed by atoms with Crippen molar-refractivity contribution in [3.8, 4) is 0 Å². The number of amides is 3. The smallest absolute Gasteiger partial charge is 0.326 e. The van der Waals surface area contributed by atoms with E-state index in [1.54, 1.807) is 19.1 Å². The molecule has 2 aromatic rings. The number of benzene rings is 2. The van der Waals surface area contributed by atoms with Crippen LogP contribution in [0.25, 0.3) is 0 Å². The zero-order valence-corrected chi connectivity index (χ0v) is 15.9. The van der Waals surface area contributed by atoms with Gasteiger partial charge >= 0.3 is 12.0 Å². The molecule has 1 saturated heterocycles. The van der Waals surface area contributed by atoms with E-state index in [9.17, 15) is 23.6 Å². The predicted octanol–water partition coefficient (Wildman–Crippen LogP) is 2.33. The molecule has 1 atom stereocenters. The normalized spacial score (nSPS) is 18.5. The number of carbonyl (C=O) groups excluding carboxylic acids is 4. The fourth-order valence-corrected chi connectivity index (χ4v) is 2.96. The average Bonchev–Trinajstić information content (AvgIpc) is 2.91. The molecule has 150 valence electrons. The lowest BCUT2D eigenvalue weighted by Crippen LogP contribution is -2.41.